The minimum atomic E-state index is -1.58. The van der Waals surface area contributed by atoms with Crippen LogP contribution in [0.1, 0.15) is 251 Å². The fourth-order valence-electron chi connectivity index (χ4n) is 8.77. The van der Waals surface area contributed by atoms with E-state index in [9.17, 15) is 35.1 Å². The summed E-state index contributed by atoms with van der Waals surface area (Å²) in [5, 5.41) is 54.1. The molecule has 7 unspecified atom stereocenters. The second kappa shape index (κ2) is 48.9. The molecule has 1 aliphatic heterocycles. The minimum Gasteiger partial charge on any atom is -0.466 e. The number of carbonyl (C=O) groups excluding carboxylic acids is 2. The molecule has 0 aromatic rings. The van der Waals surface area contributed by atoms with Crippen LogP contribution < -0.4 is 5.32 Å². The number of amides is 1. The van der Waals surface area contributed by atoms with Crippen LogP contribution in [0.5, 0.6) is 0 Å². The number of hydrogen-bond acceptors (Lipinski definition) is 10. The normalized spacial score (nSPS) is 19.6. The first-order valence-electron chi connectivity index (χ1n) is 28.9. The van der Waals surface area contributed by atoms with Gasteiger partial charge in [0.05, 0.1) is 32.0 Å². The Morgan fingerprint density at radius 3 is 1.50 bits per heavy atom. The maximum Gasteiger partial charge on any atom is 0.305 e. The number of nitrogens with one attached hydrogen (secondary N) is 1. The fourth-order valence-corrected chi connectivity index (χ4v) is 8.77. The number of hydrogen-bond donors (Lipinski definition) is 6. The smallest absolute Gasteiger partial charge is 0.305 e. The van der Waals surface area contributed by atoms with Crippen LogP contribution in [0.15, 0.2) is 48.6 Å². The van der Waals surface area contributed by atoms with E-state index in [4.69, 9.17) is 14.2 Å². The largest absolute Gasteiger partial charge is 0.466 e. The zero-order chi connectivity index (χ0) is 51.0. The van der Waals surface area contributed by atoms with E-state index < -0.39 is 49.5 Å². The highest BCUT2D eigenvalue weighted by atomic mass is 16.7. The van der Waals surface area contributed by atoms with Gasteiger partial charge in [-0.15, -0.1) is 0 Å². The zero-order valence-electron chi connectivity index (χ0n) is 44.7. The molecule has 0 aliphatic carbocycles. The molecule has 0 aromatic carbocycles. The van der Waals surface area contributed by atoms with Crippen molar-refractivity contribution in [1.82, 2.24) is 5.32 Å². The van der Waals surface area contributed by atoms with Gasteiger partial charge >= 0.3 is 5.97 Å². The van der Waals surface area contributed by atoms with Crippen LogP contribution >= 0.6 is 0 Å². The molecule has 1 amide bonds. The lowest BCUT2D eigenvalue weighted by atomic mass is 9.99. The maximum atomic E-state index is 13.0. The van der Waals surface area contributed by atoms with Gasteiger partial charge in [-0.2, -0.15) is 0 Å². The standard InChI is InChI=1S/C59H107NO10/c1-3-5-7-9-11-13-14-15-16-17-18-19-20-24-27-31-35-39-43-47-55(64)68-48-44-40-36-32-28-25-22-21-23-26-30-34-38-42-46-54(63)60-51(52(62)45-41-37-33-29-12-10-8-6-4-2)50-69-59-58(67)57(66)56(65)53(49-61)70-59/h11-13,15-16,29,41,45,51-53,56-59,61-62,65-67H,3-10,14,17-28,30-40,42-44,46-50H2,1-2H3,(H,60,63)/b13-11-,16-15-,29-12+,45-41+. The van der Waals surface area contributed by atoms with Gasteiger partial charge in [0.25, 0.3) is 0 Å². The first-order valence-corrected chi connectivity index (χ1v) is 28.9. The summed E-state index contributed by atoms with van der Waals surface area (Å²) in [4.78, 5) is 25.1. The summed E-state index contributed by atoms with van der Waals surface area (Å²) < 4.78 is 16.7. The highest BCUT2D eigenvalue weighted by Crippen LogP contribution is 2.23. The summed E-state index contributed by atoms with van der Waals surface area (Å²) in [6.07, 6.45) is 50.7. The molecule has 1 rings (SSSR count). The fraction of sp³-hybridized carbons (Fsp3) is 0.831. The van der Waals surface area contributed by atoms with Crippen LogP contribution in [-0.2, 0) is 23.8 Å². The number of aliphatic hydroxyl groups is 5. The Hall–Kier alpha value is -2.38. The average molecular weight is 991 g/mol. The molecule has 6 N–H and O–H groups in total. The zero-order valence-corrected chi connectivity index (χ0v) is 44.7. The van der Waals surface area contributed by atoms with E-state index in [0.717, 1.165) is 77.0 Å². The Morgan fingerprint density at radius 2 is 0.971 bits per heavy atom. The van der Waals surface area contributed by atoms with E-state index in [1.54, 1.807) is 6.08 Å². The van der Waals surface area contributed by atoms with Crippen molar-refractivity contribution in [2.45, 2.75) is 294 Å². The number of allylic oxidation sites excluding steroid dienone is 7. The summed E-state index contributed by atoms with van der Waals surface area (Å²) in [5.74, 6) is -0.234. The van der Waals surface area contributed by atoms with Gasteiger partial charge in [0, 0.05) is 12.8 Å². The van der Waals surface area contributed by atoms with Crippen molar-refractivity contribution in [2.75, 3.05) is 19.8 Å². The van der Waals surface area contributed by atoms with Crippen LogP contribution in [0.4, 0.5) is 0 Å². The Labute approximate surface area is 427 Å². The maximum absolute atomic E-state index is 13.0. The third kappa shape index (κ3) is 38.3. The molecule has 1 heterocycles. The molecular formula is C59H107NO10. The molecule has 11 heteroatoms. The molecule has 1 fully saturated rings. The van der Waals surface area contributed by atoms with E-state index in [1.165, 1.54) is 148 Å². The molecule has 7 atom stereocenters. The quantitative estimate of drug-likeness (QED) is 0.0196. The van der Waals surface area contributed by atoms with Crippen molar-refractivity contribution >= 4 is 11.9 Å². The van der Waals surface area contributed by atoms with Gasteiger partial charge < -0.3 is 45.1 Å². The summed E-state index contributed by atoms with van der Waals surface area (Å²) in [5.41, 5.74) is 0. The van der Waals surface area contributed by atoms with Gasteiger partial charge in [0.2, 0.25) is 5.91 Å². The molecule has 0 saturated carbocycles. The lowest BCUT2D eigenvalue weighted by molar-refractivity contribution is -0.302. The minimum absolute atomic E-state index is 0.0283. The third-order valence-electron chi connectivity index (χ3n) is 13.4. The second-order valence-corrected chi connectivity index (χ2v) is 20.0. The van der Waals surface area contributed by atoms with Crippen LogP contribution in [0.25, 0.3) is 0 Å². The molecule has 1 saturated heterocycles. The predicted molar refractivity (Wildman–Crippen MR) is 287 cm³/mol. The first kappa shape index (κ1) is 65.6. The van der Waals surface area contributed by atoms with Gasteiger partial charge in [-0.3, -0.25) is 9.59 Å². The van der Waals surface area contributed by atoms with Crippen LogP contribution in [0.2, 0.25) is 0 Å². The van der Waals surface area contributed by atoms with E-state index in [1.807, 2.05) is 6.08 Å². The molecule has 1 aliphatic rings. The Morgan fingerprint density at radius 1 is 0.529 bits per heavy atom. The predicted octanol–water partition coefficient (Wildman–Crippen LogP) is 12.9. The number of ether oxygens (including phenoxy) is 3. The average Bonchev–Trinajstić information content (AvgIpc) is 3.36. The number of rotatable bonds is 49. The van der Waals surface area contributed by atoms with E-state index in [0.29, 0.717) is 19.4 Å². The summed E-state index contributed by atoms with van der Waals surface area (Å²) in [6, 6.07) is -0.835. The number of aliphatic hydroxyl groups excluding tert-OH is 5. The molecule has 0 bridgehead atoms. The second-order valence-electron chi connectivity index (χ2n) is 20.0. The number of unbranched alkanes of at least 4 members (excludes halogenated alkanes) is 29. The highest BCUT2D eigenvalue weighted by molar-refractivity contribution is 5.76. The van der Waals surface area contributed by atoms with Crippen molar-refractivity contribution in [3.05, 3.63) is 48.6 Å². The molecule has 408 valence electrons. The van der Waals surface area contributed by atoms with E-state index >= 15 is 0 Å². The third-order valence-corrected chi connectivity index (χ3v) is 13.4. The number of carbonyl (C=O) groups is 2. The Balaban J connectivity index is 2.04. The van der Waals surface area contributed by atoms with Crippen molar-refractivity contribution in [3.63, 3.8) is 0 Å². The van der Waals surface area contributed by atoms with Crippen LogP contribution in [0.3, 0.4) is 0 Å². The summed E-state index contributed by atoms with van der Waals surface area (Å²) in [7, 11) is 0. The Kier molecular flexibility index (Phi) is 45.8. The van der Waals surface area contributed by atoms with Gasteiger partial charge in [-0.25, -0.2) is 0 Å². The van der Waals surface area contributed by atoms with Crippen molar-refractivity contribution in [3.8, 4) is 0 Å². The first-order chi connectivity index (χ1) is 34.2. The number of esters is 1. The highest BCUT2D eigenvalue weighted by Gasteiger charge is 2.44. The van der Waals surface area contributed by atoms with Crippen LogP contribution in [0, 0.1) is 0 Å². The van der Waals surface area contributed by atoms with Crippen LogP contribution in [-0.4, -0.2) is 100 Å². The lowest BCUT2D eigenvalue weighted by Crippen LogP contribution is -2.60. The topological polar surface area (TPSA) is 175 Å². The molecule has 70 heavy (non-hydrogen) atoms. The molecule has 11 nitrogen and oxygen atoms in total. The van der Waals surface area contributed by atoms with Gasteiger partial charge in [-0.05, 0) is 77.0 Å². The monoisotopic (exact) mass is 990 g/mol. The molecule has 0 aromatic heterocycles. The summed E-state index contributed by atoms with van der Waals surface area (Å²) in [6.45, 7) is 4.21. The summed E-state index contributed by atoms with van der Waals surface area (Å²) >= 11 is 0. The molecule has 0 radical (unpaired) electrons. The van der Waals surface area contributed by atoms with Crippen molar-refractivity contribution in [2.24, 2.45) is 0 Å². The van der Waals surface area contributed by atoms with Gasteiger partial charge in [0.1, 0.15) is 24.4 Å². The SMILES string of the molecule is CCCCC/C=C\C/C=C\CCCCCCCCCCCC(=O)OCCCCCCCCCCCCCCCCC(=O)NC(COC1OC(CO)C(O)C(O)C1O)C(O)/C=C/CC/C=C/CCCCC. The lowest BCUT2D eigenvalue weighted by Gasteiger charge is -2.40. The van der Waals surface area contributed by atoms with Crippen molar-refractivity contribution in [1.29, 1.82) is 0 Å². The van der Waals surface area contributed by atoms with Gasteiger partial charge in [0.15, 0.2) is 6.29 Å². The molecular weight excluding hydrogens is 883 g/mol. The van der Waals surface area contributed by atoms with E-state index in [-0.39, 0.29) is 18.5 Å². The van der Waals surface area contributed by atoms with E-state index in [2.05, 4.69) is 55.6 Å². The Bertz CT molecular complexity index is 1300. The molecule has 0 spiro atoms. The van der Waals surface area contributed by atoms with Gasteiger partial charge in [-0.1, -0.05) is 210 Å². The van der Waals surface area contributed by atoms with Crippen molar-refractivity contribution < 1.29 is 49.3 Å².